The highest BCUT2D eigenvalue weighted by Gasteiger charge is 2.19. The Kier molecular flexibility index (Phi) is 7.58. The molecule has 0 aliphatic carbocycles. The van der Waals surface area contributed by atoms with Crippen LogP contribution in [0.3, 0.4) is 0 Å². The lowest BCUT2D eigenvalue weighted by Crippen LogP contribution is -2.36. The molecule has 3 aromatic rings. The van der Waals surface area contributed by atoms with E-state index < -0.39 is 0 Å². The third kappa shape index (κ3) is 5.67. The minimum absolute atomic E-state index is 0.455. The highest BCUT2D eigenvalue weighted by atomic mass is 16.5. The topological polar surface area (TPSA) is 26.6 Å². The summed E-state index contributed by atoms with van der Waals surface area (Å²) in [7, 11) is 3.43. The van der Waals surface area contributed by atoms with Gasteiger partial charge in [-0.3, -0.25) is 4.90 Å². The quantitative estimate of drug-likeness (QED) is 0.438. The van der Waals surface area contributed by atoms with Gasteiger partial charge in [0.25, 0.3) is 0 Å². The summed E-state index contributed by atoms with van der Waals surface area (Å²) in [6.07, 6.45) is 2.17. The van der Waals surface area contributed by atoms with Crippen LogP contribution in [0, 0.1) is 5.92 Å². The highest BCUT2D eigenvalue weighted by molar-refractivity contribution is 5.30. The molecule has 1 atom stereocenters. The summed E-state index contributed by atoms with van der Waals surface area (Å²) in [5, 5.41) is 0. The number of methoxy groups -OCH3 is 2. The van der Waals surface area contributed by atoms with Gasteiger partial charge in [0.05, 0.1) is 14.2 Å². The average molecular weight is 407 g/mol. The fourth-order valence-electron chi connectivity index (χ4n) is 3.69. The van der Waals surface area contributed by atoms with E-state index in [1.54, 1.807) is 14.2 Å². The molecule has 1 unspecified atom stereocenters. The van der Waals surface area contributed by atoms with Gasteiger partial charge in [-0.1, -0.05) is 38.1 Å². The molecule has 0 aliphatic heterocycles. The van der Waals surface area contributed by atoms with Gasteiger partial charge in [-0.2, -0.15) is 0 Å². The lowest BCUT2D eigenvalue weighted by atomic mass is 10.0. The lowest BCUT2D eigenvalue weighted by Gasteiger charge is -2.32. The lowest BCUT2D eigenvalue weighted by molar-refractivity contribution is 0.148. The van der Waals surface area contributed by atoms with Gasteiger partial charge in [0, 0.05) is 37.6 Å². The van der Waals surface area contributed by atoms with Crippen molar-refractivity contribution in [3.8, 4) is 11.5 Å². The summed E-state index contributed by atoms with van der Waals surface area (Å²) in [4.78, 5) is 2.55. The molecule has 0 N–H and O–H groups in total. The second kappa shape index (κ2) is 10.4. The number of ether oxygens (including phenoxy) is 2. The zero-order valence-corrected chi connectivity index (χ0v) is 18.8. The first-order valence-corrected chi connectivity index (χ1v) is 10.6. The van der Waals surface area contributed by atoms with Gasteiger partial charge >= 0.3 is 0 Å². The van der Waals surface area contributed by atoms with Crippen molar-refractivity contribution in [2.75, 3.05) is 14.2 Å². The van der Waals surface area contributed by atoms with Gasteiger partial charge in [-0.15, -0.1) is 0 Å². The van der Waals surface area contributed by atoms with E-state index in [4.69, 9.17) is 9.47 Å². The highest BCUT2D eigenvalue weighted by Crippen LogP contribution is 2.22. The van der Waals surface area contributed by atoms with Crippen molar-refractivity contribution < 1.29 is 9.47 Å². The van der Waals surface area contributed by atoms with Gasteiger partial charge in [-0.05, 0) is 60.4 Å². The van der Waals surface area contributed by atoms with E-state index in [2.05, 4.69) is 78.9 Å². The van der Waals surface area contributed by atoms with E-state index in [1.165, 1.54) is 16.8 Å². The molecule has 0 fully saturated rings. The maximum absolute atomic E-state index is 5.42. The first-order valence-electron chi connectivity index (χ1n) is 10.6. The molecular weight excluding hydrogens is 372 g/mol. The maximum Gasteiger partial charge on any atom is 0.119 e. The fourth-order valence-corrected chi connectivity index (χ4v) is 3.69. The van der Waals surface area contributed by atoms with E-state index in [1.807, 2.05) is 18.2 Å². The molecule has 4 nitrogen and oxygen atoms in total. The van der Waals surface area contributed by atoms with Crippen LogP contribution < -0.4 is 9.47 Å². The second-order valence-electron chi connectivity index (χ2n) is 8.22. The number of hydrogen-bond donors (Lipinski definition) is 0. The van der Waals surface area contributed by atoms with E-state index in [0.29, 0.717) is 12.0 Å². The number of rotatable bonds is 10. The zero-order valence-electron chi connectivity index (χ0n) is 18.8. The standard InChI is InChI=1S/C26H34N2O2/c1-20(2)21(3)28(18-23-10-7-13-26(16-23)30-5)19-24-11-8-14-27(24)17-22-9-6-12-25(15-22)29-4/h6-16,20-21H,17-19H2,1-5H3. The van der Waals surface area contributed by atoms with Crippen molar-refractivity contribution in [1.82, 2.24) is 9.47 Å². The molecule has 0 saturated heterocycles. The Morgan fingerprint density at radius 1 is 0.800 bits per heavy atom. The van der Waals surface area contributed by atoms with Crippen molar-refractivity contribution in [2.24, 2.45) is 5.92 Å². The molecule has 3 rings (SSSR count). The molecule has 1 heterocycles. The van der Waals surface area contributed by atoms with Crippen LogP contribution in [0.25, 0.3) is 0 Å². The van der Waals surface area contributed by atoms with Gasteiger partial charge in [0.2, 0.25) is 0 Å². The number of nitrogens with zero attached hydrogens (tertiary/aromatic N) is 2. The van der Waals surface area contributed by atoms with Gasteiger partial charge in [-0.25, -0.2) is 0 Å². The predicted molar refractivity (Wildman–Crippen MR) is 123 cm³/mol. The molecule has 0 saturated carbocycles. The molecule has 4 heteroatoms. The van der Waals surface area contributed by atoms with Crippen molar-refractivity contribution in [2.45, 2.75) is 46.4 Å². The van der Waals surface area contributed by atoms with E-state index >= 15 is 0 Å². The van der Waals surface area contributed by atoms with Gasteiger partial charge < -0.3 is 14.0 Å². The number of aromatic nitrogens is 1. The Bertz CT molecular complexity index is 932. The van der Waals surface area contributed by atoms with E-state index in [0.717, 1.165) is 31.1 Å². The number of hydrogen-bond acceptors (Lipinski definition) is 3. The molecule has 0 spiro atoms. The molecule has 160 valence electrons. The van der Waals surface area contributed by atoms with Crippen LogP contribution in [0.15, 0.2) is 66.9 Å². The largest absolute Gasteiger partial charge is 0.497 e. The summed E-state index contributed by atoms with van der Waals surface area (Å²) in [6, 6.07) is 21.5. The SMILES string of the molecule is COc1cccc(CN(Cc2cccn2Cc2cccc(OC)c2)C(C)C(C)C)c1. The van der Waals surface area contributed by atoms with Crippen molar-refractivity contribution in [3.63, 3.8) is 0 Å². The molecule has 0 bridgehead atoms. The fraction of sp³-hybridized carbons (Fsp3) is 0.385. The van der Waals surface area contributed by atoms with E-state index in [-0.39, 0.29) is 0 Å². The summed E-state index contributed by atoms with van der Waals surface area (Å²) < 4.78 is 13.1. The van der Waals surface area contributed by atoms with Gasteiger partial charge in [0.15, 0.2) is 0 Å². The summed E-state index contributed by atoms with van der Waals surface area (Å²) in [5.74, 6) is 2.37. The first-order chi connectivity index (χ1) is 14.5. The molecule has 2 aromatic carbocycles. The Hall–Kier alpha value is -2.72. The summed E-state index contributed by atoms with van der Waals surface area (Å²) in [6.45, 7) is 9.52. The normalized spacial score (nSPS) is 12.4. The molecule has 0 radical (unpaired) electrons. The summed E-state index contributed by atoms with van der Waals surface area (Å²) in [5.41, 5.74) is 3.82. The van der Waals surface area contributed by atoms with Crippen molar-refractivity contribution in [1.29, 1.82) is 0 Å². The van der Waals surface area contributed by atoms with Crippen LogP contribution >= 0.6 is 0 Å². The molecule has 1 aromatic heterocycles. The maximum atomic E-state index is 5.42. The summed E-state index contributed by atoms with van der Waals surface area (Å²) >= 11 is 0. The Morgan fingerprint density at radius 2 is 1.43 bits per heavy atom. The van der Waals surface area contributed by atoms with Crippen LogP contribution in [0.1, 0.15) is 37.6 Å². The van der Waals surface area contributed by atoms with Crippen LogP contribution in [0.5, 0.6) is 11.5 Å². The van der Waals surface area contributed by atoms with Crippen LogP contribution in [0.4, 0.5) is 0 Å². The Morgan fingerprint density at radius 3 is 2.07 bits per heavy atom. The van der Waals surface area contributed by atoms with Gasteiger partial charge in [0.1, 0.15) is 11.5 Å². The minimum atomic E-state index is 0.455. The smallest absolute Gasteiger partial charge is 0.119 e. The first kappa shape index (κ1) is 22.0. The second-order valence-corrected chi connectivity index (χ2v) is 8.22. The van der Waals surface area contributed by atoms with E-state index in [9.17, 15) is 0 Å². The predicted octanol–water partition coefficient (Wildman–Crippen LogP) is 5.60. The number of benzene rings is 2. The third-order valence-corrected chi connectivity index (χ3v) is 5.84. The van der Waals surface area contributed by atoms with Crippen molar-refractivity contribution in [3.05, 3.63) is 83.7 Å². The third-order valence-electron chi connectivity index (χ3n) is 5.84. The molecule has 0 amide bonds. The zero-order chi connectivity index (χ0) is 21.5. The van der Waals surface area contributed by atoms with Crippen LogP contribution in [-0.4, -0.2) is 29.7 Å². The molecule has 30 heavy (non-hydrogen) atoms. The van der Waals surface area contributed by atoms with Crippen LogP contribution in [0.2, 0.25) is 0 Å². The Balaban J connectivity index is 1.80. The Labute approximate surface area is 181 Å². The molecule has 0 aliphatic rings. The van der Waals surface area contributed by atoms with Crippen molar-refractivity contribution >= 4 is 0 Å². The average Bonchev–Trinajstić information content (AvgIpc) is 3.19. The minimum Gasteiger partial charge on any atom is -0.497 e. The van der Waals surface area contributed by atoms with Crippen LogP contribution in [-0.2, 0) is 19.6 Å². The monoisotopic (exact) mass is 406 g/mol. The molecular formula is C26H34N2O2.